The van der Waals surface area contributed by atoms with Gasteiger partial charge in [-0.05, 0) is 40.5 Å². The molecule has 0 heterocycles. The Kier molecular flexibility index (Phi) is 8.99. The van der Waals surface area contributed by atoms with Crippen molar-refractivity contribution in [3.05, 3.63) is 33.2 Å². The van der Waals surface area contributed by atoms with Gasteiger partial charge in [0, 0.05) is 24.7 Å². The maximum absolute atomic E-state index is 5.72. The average Bonchev–Trinajstić information content (AvgIpc) is 2.43. The van der Waals surface area contributed by atoms with Crippen LogP contribution in [0.5, 0.6) is 11.5 Å². The summed E-state index contributed by atoms with van der Waals surface area (Å²) >= 11 is 6.82. The largest absolute Gasteiger partial charge is 0.490 e. The van der Waals surface area contributed by atoms with Crippen LogP contribution < -0.4 is 14.8 Å². The average molecular weight is 423 g/mol. The van der Waals surface area contributed by atoms with Crippen LogP contribution in [0.3, 0.4) is 0 Å². The summed E-state index contributed by atoms with van der Waals surface area (Å²) in [5.74, 6) is 1.42. The maximum Gasteiger partial charge on any atom is 0.175 e. The third kappa shape index (κ3) is 6.82. The summed E-state index contributed by atoms with van der Waals surface area (Å²) in [5, 5.41) is 3.31. The number of rotatable bonds is 10. The molecule has 0 aliphatic heterocycles. The van der Waals surface area contributed by atoms with E-state index in [1.165, 1.54) is 0 Å². The van der Waals surface area contributed by atoms with Gasteiger partial charge in [-0.1, -0.05) is 22.5 Å². The summed E-state index contributed by atoms with van der Waals surface area (Å²) < 4.78 is 18.0. The van der Waals surface area contributed by atoms with Crippen molar-refractivity contribution < 1.29 is 14.2 Å². The second-order valence-electron chi connectivity index (χ2n) is 4.31. The van der Waals surface area contributed by atoms with Crippen molar-refractivity contribution in [3.8, 4) is 11.5 Å². The van der Waals surface area contributed by atoms with Gasteiger partial charge >= 0.3 is 0 Å². The van der Waals surface area contributed by atoms with E-state index in [4.69, 9.17) is 14.2 Å². The zero-order valence-electron chi connectivity index (χ0n) is 12.4. The van der Waals surface area contributed by atoms with E-state index in [9.17, 15) is 0 Å². The third-order valence-corrected chi connectivity index (χ3v) is 3.37. The molecule has 1 aromatic rings. The number of nitrogens with one attached hydrogen (secondary N) is 1. The highest BCUT2D eigenvalue weighted by Gasteiger charge is 2.12. The minimum Gasteiger partial charge on any atom is -0.490 e. The normalized spacial score (nSPS) is 10.5. The first kappa shape index (κ1) is 18.5. The number of methoxy groups -OCH3 is 1. The van der Waals surface area contributed by atoms with Crippen LogP contribution in [-0.2, 0) is 11.3 Å². The van der Waals surface area contributed by atoms with Crippen LogP contribution in [0.4, 0.5) is 0 Å². The molecule has 0 amide bonds. The van der Waals surface area contributed by atoms with E-state index in [1.807, 2.05) is 19.1 Å². The molecular weight excluding hydrogens is 402 g/mol. The molecule has 0 atom stereocenters. The Balaban J connectivity index is 2.81. The number of hydrogen-bond acceptors (Lipinski definition) is 4. The molecule has 0 spiro atoms. The van der Waals surface area contributed by atoms with Gasteiger partial charge in [0.25, 0.3) is 0 Å². The summed E-state index contributed by atoms with van der Waals surface area (Å²) in [4.78, 5) is 0. The quantitative estimate of drug-likeness (QED) is 0.581. The van der Waals surface area contributed by atoms with Gasteiger partial charge in [-0.2, -0.15) is 0 Å². The van der Waals surface area contributed by atoms with Gasteiger partial charge in [-0.15, -0.1) is 0 Å². The number of halogens is 2. The molecule has 1 N–H and O–H groups in total. The van der Waals surface area contributed by atoms with Crippen LogP contribution in [-0.4, -0.2) is 33.5 Å². The Hall–Kier alpha value is -0.560. The number of ether oxygens (including phenoxy) is 3. The van der Waals surface area contributed by atoms with Crippen LogP contribution in [0.25, 0.3) is 0 Å². The molecule has 1 rings (SSSR count). The minimum atomic E-state index is 0.393. The summed E-state index contributed by atoms with van der Waals surface area (Å²) in [6, 6.07) is 4.01. The molecule has 0 unspecified atom stereocenters. The van der Waals surface area contributed by atoms with E-state index < -0.39 is 0 Å². The molecule has 0 radical (unpaired) electrons. The fraction of sp³-hybridized carbons (Fsp3) is 0.467. The fourth-order valence-corrected chi connectivity index (χ4v) is 2.40. The lowest BCUT2D eigenvalue weighted by Crippen LogP contribution is -2.18. The summed E-state index contributed by atoms with van der Waals surface area (Å²) in [5.41, 5.74) is 1.12. The van der Waals surface area contributed by atoms with Crippen molar-refractivity contribution in [2.24, 2.45) is 0 Å². The van der Waals surface area contributed by atoms with E-state index in [2.05, 4.69) is 43.8 Å². The molecule has 0 saturated carbocycles. The van der Waals surface area contributed by atoms with Crippen molar-refractivity contribution in [2.75, 3.05) is 33.5 Å². The molecule has 1 aromatic carbocycles. The lowest BCUT2D eigenvalue weighted by molar-refractivity contribution is 0.199. The molecule has 0 bridgehead atoms. The highest BCUT2D eigenvalue weighted by Crippen LogP contribution is 2.37. The van der Waals surface area contributed by atoms with E-state index in [0.717, 1.165) is 33.4 Å². The molecule has 4 nitrogen and oxygen atoms in total. The Bertz CT molecular complexity index is 466. The van der Waals surface area contributed by atoms with Crippen molar-refractivity contribution in [2.45, 2.75) is 13.5 Å². The second kappa shape index (κ2) is 10.2. The number of hydrogen-bond donors (Lipinski definition) is 1. The van der Waals surface area contributed by atoms with Crippen LogP contribution in [0.2, 0.25) is 0 Å². The van der Waals surface area contributed by atoms with Gasteiger partial charge in [0.2, 0.25) is 0 Å². The Morgan fingerprint density at radius 2 is 2.10 bits per heavy atom. The van der Waals surface area contributed by atoms with E-state index in [-0.39, 0.29) is 0 Å². The zero-order valence-corrected chi connectivity index (χ0v) is 15.6. The molecule has 118 valence electrons. The minimum absolute atomic E-state index is 0.393. The molecule has 0 aliphatic rings. The van der Waals surface area contributed by atoms with Crippen LogP contribution in [0.15, 0.2) is 27.7 Å². The van der Waals surface area contributed by atoms with Crippen LogP contribution >= 0.6 is 31.9 Å². The molecule has 0 fully saturated rings. The summed E-state index contributed by atoms with van der Waals surface area (Å²) in [7, 11) is 1.69. The second-order valence-corrected chi connectivity index (χ2v) is 6.29. The highest BCUT2D eigenvalue weighted by atomic mass is 79.9. The Morgan fingerprint density at radius 1 is 1.33 bits per heavy atom. The van der Waals surface area contributed by atoms with Gasteiger partial charge in [0.15, 0.2) is 11.5 Å². The van der Waals surface area contributed by atoms with Crippen molar-refractivity contribution in [1.29, 1.82) is 0 Å². The monoisotopic (exact) mass is 421 g/mol. The Morgan fingerprint density at radius 3 is 2.71 bits per heavy atom. The van der Waals surface area contributed by atoms with E-state index >= 15 is 0 Å². The first-order valence-electron chi connectivity index (χ1n) is 6.69. The molecular formula is C15H21Br2NO3. The number of benzene rings is 1. The van der Waals surface area contributed by atoms with Crippen molar-refractivity contribution >= 4 is 31.9 Å². The SMILES string of the molecule is C=C(Br)COc1c(Br)cc(CNCCOC)cc1OCC. The molecule has 0 aliphatic carbocycles. The summed E-state index contributed by atoms with van der Waals surface area (Å²) in [6.07, 6.45) is 0. The van der Waals surface area contributed by atoms with Crippen molar-refractivity contribution in [1.82, 2.24) is 5.32 Å². The predicted octanol–water partition coefficient (Wildman–Crippen LogP) is 3.87. The fourth-order valence-electron chi connectivity index (χ4n) is 1.68. The van der Waals surface area contributed by atoms with Gasteiger partial charge in [-0.3, -0.25) is 0 Å². The van der Waals surface area contributed by atoms with Gasteiger partial charge in [0.1, 0.15) is 6.61 Å². The van der Waals surface area contributed by atoms with Gasteiger partial charge in [-0.25, -0.2) is 0 Å². The molecule has 0 aromatic heterocycles. The van der Waals surface area contributed by atoms with Gasteiger partial charge in [0.05, 0.1) is 17.7 Å². The smallest absolute Gasteiger partial charge is 0.175 e. The lowest BCUT2D eigenvalue weighted by atomic mass is 10.2. The van der Waals surface area contributed by atoms with Crippen LogP contribution in [0, 0.1) is 0 Å². The third-order valence-electron chi connectivity index (χ3n) is 2.55. The highest BCUT2D eigenvalue weighted by molar-refractivity contribution is 9.11. The first-order valence-corrected chi connectivity index (χ1v) is 8.28. The molecule has 0 saturated heterocycles. The first-order chi connectivity index (χ1) is 10.1. The lowest BCUT2D eigenvalue weighted by Gasteiger charge is -2.15. The maximum atomic E-state index is 5.72. The molecule has 21 heavy (non-hydrogen) atoms. The zero-order chi connectivity index (χ0) is 15.7. The van der Waals surface area contributed by atoms with Gasteiger partial charge < -0.3 is 19.5 Å². The molecule has 6 heteroatoms. The Labute approximate surface area is 143 Å². The standard InChI is InChI=1S/C15H21Br2NO3/c1-4-20-14-8-12(9-18-5-6-19-3)7-13(17)15(14)21-10-11(2)16/h7-8,18H,2,4-6,9-10H2,1,3H3. The topological polar surface area (TPSA) is 39.7 Å². The van der Waals surface area contributed by atoms with E-state index in [1.54, 1.807) is 7.11 Å². The van der Waals surface area contributed by atoms with Crippen molar-refractivity contribution in [3.63, 3.8) is 0 Å². The predicted molar refractivity (Wildman–Crippen MR) is 92.5 cm³/mol. The van der Waals surface area contributed by atoms with Crippen LogP contribution in [0.1, 0.15) is 12.5 Å². The summed E-state index contributed by atoms with van der Waals surface area (Å²) in [6.45, 7) is 8.93. The van der Waals surface area contributed by atoms with E-state index in [0.29, 0.717) is 25.6 Å².